The smallest absolute Gasteiger partial charge is 0.405 e. The molecule has 0 radical (unpaired) electrons. The van der Waals surface area contributed by atoms with Crippen LogP contribution in [0.4, 0.5) is 23.2 Å². The van der Waals surface area contributed by atoms with Gasteiger partial charge >= 0.3 is 12.1 Å². The highest BCUT2D eigenvalue weighted by atomic mass is 19.4. The van der Waals surface area contributed by atoms with E-state index in [0.717, 1.165) is 0 Å². The number of hydrogen-bond donors (Lipinski definition) is 1. The zero-order valence-corrected chi connectivity index (χ0v) is 13.9. The third kappa shape index (κ3) is 5.16. The van der Waals surface area contributed by atoms with Gasteiger partial charge in [-0.15, -0.1) is 0 Å². The molecule has 0 aliphatic rings. The molecule has 0 amide bonds. The third-order valence-electron chi connectivity index (χ3n) is 3.69. The van der Waals surface area contributed by atoms with Crippen LogP contribution in [-0.4, -0.2) is 23.7 Å². The Balaban J connectivity index is 1.71. The molecule has 1 N–H and O–H groups in total. The van der Waals surface area contributed by atoms with Crippen LogP contribution in [0.2, 0.25) is 0 Å². The van der Waals surface area contributed by atoms with Gasteiger partial charge in [0.05, 0.1) is 23.0 Å². The molecule has 4 nitrogen and oxygen atoms in total. The molecule has 0 saturated carbocycles. The molecule has 3 rings (SSSR count). The van der Waals surface area contributed by atoms with Gasteiger partial charge in [0.15, 0.2) is 0 Å². The van der Waals surface area contributed by atoms with E-state index in [1.165, 1.54) is 48.7 Å². The number of ether oxygens (including phenoxy) is 1. The molecule has 1 heterocycles. The average Bonchev–Trinajstić information content (AvgIpc) is 2.64. The molecule has 0 aliphatic heterocycles. The number of alkyl halides is 3. The summed E-state index contributed by atoms with van der Waals surface area (Å²) in [5, 5.41) is 2.74. The predicted octanol–water partition coefficient (Wildman–Crippen LogP) is 4.71. The number of anilines is 1. The van der Waals surface area contributed by atoms with E-state index in [1.807, 2.05) is 0 Å². The number of pyridine rings is 1. The Morgan fingerprint density at radius 2 is 1.81 bits per heavy atom. The molecule has 27 heavy (non-hydrogen) atoms. The molecular formula is C19H14F4N2O2. The first-order chi connectivity index (χ1) is 12.8. The van der Waals surface area contributed by atoms with Crippen molar-refractivity contribution in [3.05, 3.63) is 71.7 Å². The van der Waals surface area contributed by atoms with Crippen molar-refractivity contribution in [3.63, 3.8) is 0 Å². The molecule has 0 bridgehead atoms. The van der Waals surface area contributed by atoms with Gasteiger partial charge in [-0.05, 0) is 42.0 Å². The van der Waals surface area contributed by atoms with Crippen molar-refractivity contribution < 1.29 is 27.1 Å². The van der Waals surface area contributed by atoms with Crippen molar-refractivity contribution >= 4 is 22.6 Å². The van der Waals surface area contributed by atoms with Crippen molar-refractivity contribution in [1.29, 1.82) is 0 Å². The highest BCUT2D eigenvalue weighted by Crippen LogP contribution is 2.21. The monoisotopic (exact) mass is 378 g/mol. The van der Waals surface area contributed by atoms with Gasteiger partial charge in [-0.25, -0.2) is 9.18 Å². The third-order valence-corrected chi connectivity index (χ3v) is 3.69. The summed E-state index contributed by atoms with van der Waals surface area (Å²) in [5.41, 5.74) is 1.59. The summed E-state index contributed by atoms with van der Waals surface area (Å²) in [4.78, 5) is 16.3. The second-order valence-corrected chi connectivity index (χ2v) is 5.80. The molecule has 1 aromatic heterocycles. The van der Waals surface area contributed by atoms with Crippen LogP contribution >= 0.6 is 0 Å². The van der Waals surface area contributed by atoms with Crippen molar-refractivity contribution in [2.45, 2.75) is 12.8 Å². The molecule has 0 unspecified atom stereocenters. The largest absolute Gasteiger partial charge is 0.457 e. The molecule has 3 aromatic rings. The van der Waals surface area contributed by atoms with Gasteiger partial charge < -0.3 is 10.1 Å². The molecular weight excluding hydrogens is 364 g/mol. The number of carbonyl (C=O) groups excluding carboxylic acids is 1. The van der Waals surface area contributed by atoms with E-state index < -0.39 is 18.7 Å². The molecule has 8 heteroatoms. The molecule has 0 aliphatic carbocycles. The highest BCUT2D eigenvalue weighted by molar-refractivity contribution is 5.95. The van der Waals surface area contributed by atoms with E-state index in [0.29, 0.717) is 16.5 Å². The number of hydrogen-bond acceptors (Lipinski definition) is 4. The van der Waals surface area contributed by atoms with Crippen molar-refractivity contribution in [3.8, 4) is 0 Å². The summed E-state index contributed by atoms with van der Waals surface area (Å²) in [6.07, 6.45) is -3.05. The van der Waals surface area contributed by atoms with E-state index in [2.05, 4.69) is 10.3 Å². The van der Waals surface area contributed by atoms with Crippen LogP contribution in [0.25, 0.3) is 10.9 Å². The standard InChI is InChI=1S/C19H14F4N2O2/c20-15-4-1-12(2-5-15)10-27-18(26)13-3-6-17-14(7-13)8-16(9-24-17)25-11-19(21,22)23/h1-9,25H,10-11H2. The van der Waals surface area contributed by atoms with Crippen LogP contribution in [0.5, 0.6) is 0 Å². The average molecular weight is 378 g/mol. The summed E-state index contributed by atoms with van der Waals surface area (Å²) in [7, 11) is 0. The lowest BCUT2D eigenvalue weighted by molar-refractivity contribution is -0.115. The first kappa shape index (κ1) is 18.6. The maximum absolute atomic E-state index is 12.9. The van der Waals surface area contributed by atoms with Crippen LogP contribution in [0.15, 0.2) is 54.7 Å². The lowest BCUT2D eigenvalue weighted by atomic mass is 10.1. The Bertz CT molecular complexity index is 956. The Kier molecular flexibility index (Phi) is 5.25. The zero-order valence-electron chi connectivity index (χ0n) is 13.9. The molecule has 140 valence electrons. The minimum absolute atomic E-state index is 0.0252. The summed E-state index contributed by atoms with van der Waals surface area (Å²) in [6, 6.07) is 11.6. The number of rotatable bonds is 5. The van der Waals surface area contributed by atoms with Crippen LogP contribution in [-0.2, 0) is 11.3 Å². The fourth-order valence-corrected chi connectivity index (χ4v) is 2.37. The Morgan fingerprint density at radius 3 is 2.52 bits per heavy atom. The Hall–Kier alpha value is -3.16. The molecule has 0 saturated heterocycles. The number of fused-ring (bicyclic) bond motifs is 1. The number of halogens is 4. The van der Waals surface area contributed by atoms with Gasteiger partial charge in [0.1, 0.15) is 19.0 Å². The normalized spacial score (nSPS) is 11.4. The lowest BCUT2D eigenvalue weighted by Gasteiger charge is -2.10. The number of nitrogens with one attached hydrogen (secondary N) is 1. The van der Waals surface area contributed by atoms with Crippen LogP contribution < -0.4 is 5.32 Å². The number of nitrogens with zero attached hydrogens (tertiary/aromatic N) is 1. The summed E-state index contributed by atoms with van der Waals surface area (Å²) in [6.45, 7) is -1.21. The number of carbonyl (C=O) groups is 1. The quantitative estimate of drug-likeness (QED) is 0.516. The second kappa shape index (κ2) is 7.61. The van der Waals surface area contributed by atoms with Gasteiger partial charge in [0, 0.05) is 5.39 Å². The molecule has 0 fully saturated rings. The molecule has 2 aromatic carbocycles. The Morgan fingerprint density at radius 1 is 1.07 bits per heavy atom. The SMILES string of the molecule is O=C(OCc1ccc(F)cc1)c1ccc2ncc(NCC(F)(F)F)cc2c1. The minimum atomic E-state index is -4.35. The summed E-state index contributed by atoms with van der Waals surface area (Å²) >= 11 is 0. The number of esters is 1. The van der Waals surface area contributed by atoms with Crippen molar-refractivity contribution in [1.82, 2.24) is 4.98 Å². The number of benzene rings is 2. The van der Waals surface area contributed by atoms with Crippen LogP contribution in [0, 0.1) is 5.82 Å². The first-order valence-corrected chi connectivity index (χ1v) is 7.92. The van der Waals surface area contributed by atoms with E-state index in [-0.39, 0.29) is 23.7 Å². The zero-order chi connectivity index (χ0) is 19.4. The fourth-order valence-electron chi connectivity index (χ4n) is 2.37. The summed E-state index contributed by atoms with van der Waals surface area (Å²) < 4.78 is 55.0. The maximum Gasteiger partial charge on any atom is 0.405 e. The fraction of sp³-hybridized carbons (Fsp3) is 0.158. The van der Waals surface area contributed by atoms with E-state index in [4.69, 9.17) is 4.74 Å². The topological polar surface area (TPSA) is 51.2 Å². The second-order valence-electron chi connectivity index (χ2n) is 5.80. The molecule has 0 atom stereocenters. The van der Waals surface area contributed by atoms with Gasteiger partial charge in [0.25, 0.3) is 0 Å². The van der Waals surface area contributed by atoms with E-state index in [1.54, 1.807) is 6.07 Å². The molecule has 0 spiro atoms. The van der Waals surface area contributed by atoms with Gasteiger partial charge in [0.2, 0.25) is 0 Å². The summed E-state index contributed by atoms with van der Waals surface area (Å²) in [5.74, 6) is -0.989. The Labute approximate surface area is 151 Å². The van der Waals surface area contributed by atoms with E-state index >= 15 is 0 Å². The number of aromatic nitrogens is 1. The van der Waals surface area contributed by atoms with Gasteiger partial charge in [-0.1, -0.05) is 12.1 Å². The van der Waals surface area contributed by atoms with Crippen molar-refractivity contribution in [2.24, 2.45) is 0 Å². The minimum Gasteiger partial charge on any atom is -0.457 e. The van der Waals surface area contributed by atoms with E-state index in [9.17, 15) is 22.4 Å². The van der Waals surface area contributed by atoms with Crippen molar-refractivity contribution in [2.75, 3.05) is 11.9 Å². The predicted molar refractivity (Wildman–Crippen MR) is 91.8 cm³/mol. The first-order valence-electron chi connectivity index (χ1n) is 7.92. The lowest BCUT2D eigenvalue weighted by Crippen LogP contribution is -2.21. The highest BCUT2D eigenvalue weighted by Gasteiger charge is 2.26. The van der Waals surface area contributed by atoms with Gasteiger partial charge in [-0.3, -0.25) is 4.98 Å². The maximum atomic E-state index is 12.9. The van der Waals surface area contributed by atoms with Crippen LogP contribution in [0.1, 0.15) is 15.9 Å². The van der Waals surface area contributed by atoms with Crippen LogP contribution in [0.3, 0.4) is 0 Å². The van der Waals surface area contributed by atoms with Gasteiger partial charge in [-0.2, -0.15) is 13.2 Å².